The van der Waals surface area contributed by atoms with Crippen LogP contribution in [-0.4, -0.2) is 6.54 Å². The van der Waals surface area contributed by atoms with Gasteiger partial charge < -0.3 is 5.32 Å². The molecule has 0 bridgehead atoms. The standard InChI is InChI=1S/C12H15F4N/c1-2-3-4-7-17-11-8-9(12(14,15)16)5-6-10(11)13/h5-6,8,17H,2-4,7H2,1H3. The number of halogens is 4. The van der Waals surface area contributed by atoms with E-state index in [0.717, 1.165) is 37.5 Å². The number of benzene rings is 1. The summed E-state index contributed by atoms with van der Waals surface area (Å²) >= 11 is 0. The topological polar surface area (TPSA) is 12.0 Å². The molecule has 0 saturated carbocycles. The number of hydrogen-bond acceptors (Lipinski definition) is 1. The maximum absolute atomic E-state index is 13.2. The molecule has 17 heavy (non-hydrogen) atoms. The largest absolute Gasteiger partial charge is 0.416 e. The molecule has 0 atom stereocenters. The van der Waals surface area contributed by atoms with Gasteiger partial charge in [0.1, 0.15) is 5.82 Å². The van der Waals surface area contributed by atoms with Crippen LogP contribution in [0.4, 0.5) is 23.2 Å². The molecule has 1 aromatic rings. The van der Waals surface area contributed by atoms with Crippen LogP contribution in [0.2, 0.25) is 0 Å². The van der Waals surface area contributed by atoms with E-state index in [4.69, 9.17) is 0 Å². The van der Waals surface area contributed by atoms with Crippen molar-refractivity contribution >= 4 is 5.69 Å². The number of unbranched alkanes of at least 4 members (excludes halogenated alkanes) is 2. The fraction of sp³-hybridized carbons (Fsp3) is 0.500. The van der Waals surface area contributed by atoms with Crippen molar-refractivity contribution in [2.24, 2.45) is 0 Å². The Morgan fingerprint density at radius 3 is 2.47 bits per heavy atom. The molecule has 0 saturated heterocycles. The van der Waals surface area contributed by atoms with E-state index < -0.39 is 17.6 Å². The third-order valence-corrected chi connectivity index (χ3v) is 2.39. The van der Waals surface area contributed by atoms with Crippen LogP contribution in [0.3, 0.4) is 0 Å². The average Bonchev–Trinajstić information content (AvgIpc) is 2.25. The van der Waals surface area contributed by atoms with Gasteiger partial charge in [0.25, 0.3) is 0 Å². The molecule has 0 unspecified atom stereocenters. The van der Waals surface area contributed by atoms with Crippen LogP contribution in [0, 0.1) is 5.82 Å². The fourth-order valence-corrected chi connectivity index (χ4v) is 1.44. The van der Waals surface area contributed by atoms with Gasteiger partial charge in [-0.1, -0.05) is 19.8 Å². The summed E-state index contributed by atoms with van der Waals surface area (Å²) in [7, 11) is 0. The first-order valence-electron chi connectivity index (χ1n) is 5.55. The van der Waals surface area contributed by atoms with Crippen molar-refractivity contribution in [3.05, 3.63) is 29.6 Å². The SMILES string of the molecule is CCCCCNc1cc(C(F)(F)F)ccc1F. The lowest BCUT2D eigenvalue weighted by Crippen LogP contribution is -2.08. The summed E-state index contributed by atoms with van der Waals surface area (Å²) in [5.41, 5.74) is -0.923. The number of hydrogen-bond donors (Lipinski definition) is 1. The van der Waals surface area contributed by atoms with E-state index >= 15 is 0 Å². The first kappa shape index (κ1) is 13.8. The Morgan fingerprint density at radius 2 is 1.88 bits per heavy atom. The summed E-state index contributed by atoms with van der Waals surface area (Å²) < 4.78 is 50.4. The van der Waals surface area contributed by atoms with Crippen molar-refractivity contribution in [2.45, 2.75) is 32.4 Å². The highest BCUT2D eigenvalue weighted by Gasteiger charge is 2.31. The van der Waals surface area contributed by atoms with Gasteiger partial charge in [-0.15, -0.1) is 0 Å². The molecule has 1 nitrogen and oxygen atoms in total. The highest BCUT2D eigenvalue weighted by molar-refractivity contribution is 5.47. The molecular formula is C12H15F4N. The monoisotopic (exact) mass is 249 g/mol. The molecule has 0 aliphatic carbocycles. The Bertz CT molecular complexity index is 360. The van der Waals surface area contributed by atoms with Gasteiger partial charge in [-0.25, -0.2) is 4.39 Å². The van der Waals surface area contributed by atoms with Crippen molar-refractivity contribution < 1.29 is 17.6 Å². The lowest BCUT2D eigenvalue weighted by molar-refractivity contribution is -0.137. The smallest absolute Gasteiger partial charge is 0.383 e. The van der Waals surface area contributed by atoms with Crippen LogP contribution in [0.1, 0.15) is 31.7 Å². The summed E-state index contributed by atoms with van der Waals surface area (Å²) in [5.74, 6) is -0.658. The van der Waals surface area contributed by atoms with Gasteiger partial charge >= 0.3 is 6.18 Å². The second kappa shape index (κ2) is 5.89. The minimum atomic E-state index is -4.44. The summed E-state index contributed by atoms with van der Waals surface area (Å²) in [6.07, 6.45) is -1.65. The maximum Gasteiger partial charge on any atom is 0.416 e. The van der Waals surface area contributed by atoms with Crippen molar-refractivity contribution in [3.63, 3.8) is 0 Å². The van der Waals surface area contributed by atoms with Crippen molar-refractivity contribution in [1.29, 1.82) is 0 Å². The van der Waals surface area contributed by atoms with Gasteiger partial charge in [-0.05, 0) is 24.6 Å². The van der Waals surface area contributed by atoms with E-state index in [1.807, 2.05) is 6.92 Å². The Hall–Kier alpha value is -1.26. The van der Waals surface area contributed by atoms with E-state index in [1.54, 1.807) is 0 Å². The molecule has 0 aliphatic heterocycles. The third-order valence-electron chi connectivity index (χ3n) is 2.39. The normalized spacial score (nSPS) is 11.6. The van der Waals surface area contributed by atoms with Crippen LogP contribution in [0.15, 0.2) is 18.2 Å². The van der Waals surface area contributed by atoms with E-state index in [9.17, 15) is 17.6 Å². The Morgan fingerprint density at radius 1 is 1.18 bits per heavy atom. The van der Waals surface area contributed by atoms with Gasteiger partial charge in [0.2, 0.25) is 0 Å². The van der Waals surface area contributed by atoms with Crippen molar-refractivity contribution in [2.75, 3.05) is 11.9 Å². The molecule has 0 radical (unpaired) electrons. The van der Waals surface area contributed by atoms with Crippen LogP contribution in [-0.2, 0) is 6.18 Å². The molecule has 1 rings (SSSR count). The number of rotatable bonds is 5. The zero-order chi connectivity index (χ0) is 12.9. The minimum absolute atomic E-state index is 0.0871. The molecule has 5 heteroatoms. The molecule has 0 aliphatic rings. The second-order valence-corrected chi connectivity index (χ2v) is 3.83. The molecule has 0 aromatic heterocycles. The van der Waals surface area contributed by atoms with Gasteiger partial charge in [0.05, 0.1) is 11.3 Å². The third kappa shape index (κ3) is 4.24. The van der Waals surface area contributed by atoms with Gasteiger partial charge in [0, 0.05) is 6.54 Å². The molecule has 1 aromatic carbocycles. The predicted molar refractivity (Wildman–Crippen MR) is 59.4 cm³/mol. The fourth-order valence-electron chi connectivity index (χ4n) is 1.44. The second-order valence-electron chi connectivity index (χ2n) is 3.83. The quantitative estimate of drug-likeness (QED) is 0.600. The van der Waals surface area contributed by atoms with E-state index in [1.165, 1.54) is 0 Å². The maximum atomic E-state index is 13.2. The molecule has 0 fully saturated rings. The summed E-state index contributed by atoms with van der Waals surface area (Å²) in [4.78, 5) is 0. The lowest BCUT2D eigenvalue weighted by atomic mass is 10.2. The zero-order valence-corrected chi connectivity index (χ0v) is 9.57. The number of nitrogens with one attached hydrogen (secondary N) is 1. The van der Waals surface area contributed by atoms with Crippen LogP contribution < -0.4 is 5.32 Å². The first-order valence-corrected chi connectivity index (χ1v) is 5.55. The molecular weight excluding hydrogens is 234 g/mol. The zero-order valence-electron chi connectivity index (χ0n) is 9.57. The molecule has 96 valence electrons. The van der Waals surface area contributed by atoms with E-state index in [0.29, 0.717) is 6.54 Å². The molecule has 0 spiro atoms. The molecule has 0 heterocycles. The summed E-state index contributed by atoms with van der Waals surface area (Å²) in [6, 6.07) is 2.39. The first-order chi connectivity index (χ1) is 7.95. The summed E-state index contributed by atoms with van der Waals surface area (Å²) in [5, 5.41) is 2.69. The lowest BCUT2D eigenvalue weighted by Gasteiger charge is -2.11. The number of anilines is 1. The highest BCUT2D eigenvalue weighted by Crippen LogP contribution is 2.31. The summed E-state index contributed by atoms with van der Waals surface area (Å²) in [6.45, 7) is 2.50. The van der Waals surface area contributed by atoms with Crippen molar-refractivity contribution in [1.82, 2.24) is 0 Å². The van der Waals surface area contributed by atoms with Crippen LogP contribution >= 0.6 is 0 Å². The van der Waals surface area contributed by atoms with Crippen LogP contribution in [0.25, 0.3) is 0 Å². The van der Waals surface area contributed by atoms with Gasteiger partial charge in [0.15, 0.2) is 0 Å². The molecule has 1 N–H and O–H groups in total. The number of alkyl halides is 3. The van der Waals surface area contributed by atoms with Gasteiger partial charge in [-0.3, -0.25) is 0 Å². The average molecular weight is 249 g/mol. The Labute approximate surface area is 97.8 Å². The Balaban J connectivity index is 2.70. The van der Waals surface area contributed by atoms with E-state index in [-0.39, 0.29) is 5.69 Å². The van der Waals surface area contributed by atoms with Crippen LogP contribution in [0.5, 0.6) is 0 Å². The highest BCUT2D eigenvalue weighted by atomic mass is 19.4. The van der Waals surface area contributed by atoms with Gasteiger partial charge in [-0.2, -0.15) is 13.2 Å². The minimum Gasteiger partial charge on any atom is -0.383 e. The Kier molecular flexibility index (Phi) is 4.78. The molecule has 0 amide bonds. The predicted octanol–water partition coefficient (Wildman–Crippen LogP) is 4.45. The van der Waals surface area contributed by atoms with Crippen molar-refractivity contribution in [3.8, 4) is 0 Å². The van der Waals surface area contributed by atoms with E-state index in [2.05, 4.69) is 5.32 Å².